The lowest BCUT2D eigenvalue weighted by molar-refractivity contribution is -0.167. The van der Waals surface area contributed by atoms with Gasteiger partial charge in [0.2, 0.25) is 0 Å². The summed E-state index contributed by atoms with van der Waals surface area (Å²) in [5.41, 5.74) is 0. The summed E-state index contributed by atoms with van der Waals surface area (Å²) in [5.74, 6) is -0.881. The van der Waals surface area contributed by atoms with Gasteiger partial charge in [-0.1, -0.05) is 238 Å². The first kappa shape index (κ1) is 59.9. The quantitative estimate of drug-likeness (QED) is 0.0262. The molecule has 62 heavy (non-hydrogen) atoms. The van der Waals surface area contributed by atoms with Crippen molar-refractivity contribution in [3.8, 4) is 0 Å². The molecule has 6 heteroatoms. The molecule has 364 valence electrons. The molecule has 0 amide bonds. The number of carbonyl (C=O) groups excluding carboxylic acids is 3. The van der Waals surface area contributed by atoms with Crippen molar-refractivity contribution in [2.45, 2.75) is 303 Å². The molecule has 0 rings (SSSR count). The summed E-state index contributed by atoms with van der Waals surface area (Å²) < 4.78 is 16.8. The molecule has 1 atom stereocenters. The molecule has 0 N–H and O–H groups in total. The molecule has 0 saturated heterocycles. The molecular weight excluding hydrogens is 769 g/mol. The molecule has 0 aliphatic carbocycles. The Kier molecular flexibility index (Phi) is 49.8. The van der Waals surface area contributed by atoms with Crippen molar-refractivity contribution in [2.24, 2.45) is 0 Å². The summed E-state index contributed by atoms with van der Waals surface area (Å²) in [7, 11) is 0. The average molecular weight is 873 g/mol. The number of carbonyl (C=O) groups is 3. The Hall–Kier alpha value is -2.11. The zero-order valence-corrected chi connectivity index (χ0v) is 41.7. The van der Waals surface area contributed by atoms with Gasteiger partial charge < -0.3 is 14.2 Å². The number of unbranched alkanes of at least 4 members (excludes halogenated alkanes) is 35. The second kappa shape index (κ2) is 51.5. The Morgan fingerprint density at radius 1 is 0.306 bits per heavy atom. The number of ether oxygens (including phenoxy) is 3. The van der Waals surface area contributed by atoms with E-state index in [9.17, 15) is 14.4 Å². The molecule has 0 aromatic carbocycles. The molecule has 0 saturated carbocycles. The van der Waals surface area contributed by atoms with Crippen LogP contribution in [-0.4, -0.2) is 37.2 Å². The Bertz CT molecular complexity index is 1000. The number of hydrogen-bond acceptors (Lipinski definition) is 6. The largest absolute Gasteiger partial charge is 0.462 e. The van der Waals surface area contributed by atoms with Gasteiger partial charge in [0.1, 0.15) is 13.2 Å². The lowest BCUT2D eigenvalue weighted by Gasteiger charge is -2.18. The van der Waals surface area contributed by atoms with Crippen LogP contribution >= 0.6 is 0 Å². The smallest absolute Gasteiger partial charge is 0.306 e. The molecule has 0 spiro atoms. The summed E-state index contributed by atoms with van der Waals surface area (Å²) in [6.45, 7) is 6.57. The van der Waals surface area contributed by atoms with Crippen LogP contribution in [0.1, 0.15) is 297 Å². The highest BCUT2D eigenvalue weighted by molar-refractivity contribution is 5.71. The third-order valence-electron chi connectivity index (χ3n) is 12.2. The fourth-order valence-corrected chi connectivity index (χ4v) is 8.03. The van der Waals surface area contributed by atoms with Gasteiger partial charge in [-0.25, -0.2) is 0 Å². The van der Waals surface area contributed by atoms with Crippen molar-refractivity contribution < 1.29 is 28.6 Å². The van der Waals surface area contributed by atoms with Gasteiger partial charge in [-0.15, -0.1) is 0 Å². The van der Waals surface area contributed by atoms with Gasteiger partial charge in [0.25, 0.3) is 0 Å². The zero-order valence-electron chi connectivity index (χ0n) is 41.7. The van der Waals surface area contributed by atoms with E-state index in [4.69, 9.17) is 14.2 Å². The lowest BCUT2D eigenvalue weighted by atomic mass is 10.0. The van der Waals surface area contributed by atoms with Crippen molar-refractivity contribution >= 4 is 17.9 Å². The minimum atomic E-state index is -0.773. The van der Waals surface area contributed by atoms with E-state index in [1.54, 1.807) is 0 Å². The Morgan fingerprint density at radius 3 is 0.903 bits per heavy atom. The van der Waals surface area contributed by atoms with Crippen molar-refractivity contribution in [1.29, 1.82) is 0 Å². The van der Waals surface area contributed by atoms with Crippen molar-refractivity contribution in [1.82, 2.24) is 0 Å². The molecule has 1 unspecified atom stereocenters. The monoisotopic (exact) mass is 873 g/mol. The van der Waals surface area contributed by atoms with Crippen molar-refractivity contribution in [2.75, 3.05) is 13.2 Å². The first-order valence-corrected chi connectivity index (χ1v) is 27.3. The molecular formula is C56H104O6. The highest BCUT2D eigenvalue weighted by atomic mass is 16.6. The van der Waals surface area contributed by atoms with Gasteiger partial charge in [0.05, 0.1) is 0 Å². The summed E-state index contributed by atoms with van der Waals surface area (Å²) in [6.07, 6.45) is 59.0. The predicted molar refractivity (Wildman–Crippen MR) is 266 cm³/mol. The standard InChI is InChI=1S/C56H104O6/c1-4-7-10-13-16-19-22-24-25-26-27-28-29-30-31-32-33-35-37-40-43-46-49-55(58)61-52-53(51-60-54(57)48-45-42-39-36-21-18-15-12-9-6-3)62-56(59)50-47-44-41-38-34-23-20-17-14-11-8-5-2/h12,15,17,20,53H,4-11,13-14,16,18-19,21-52H2,1-3H3/b15-12-,20-17-. The third-order valence-corrected chi connectivity index (χ3v) is 12.2. The van der Waals surface area contributed by atoms with Crippen LogP contribution in [0.15, 0.2) is 24.3 Å². The van der Waals surface area contributed by atoms with E-state index in [-0.39, 0.29) is 31.1 Å². The molecule has 0 bridgehead atoms. The van der Waals surface area contributed by atoms with Crippen LogP contribution in [-0.2, 0) is 28.6 Å². The SMILES string of the molecule is CCC/C=C\CCCCCCCC(=O)OCC(COC(=O)CCCCCCCCCCCCCCCCCCCCCCCC)OC(=O)CCCCCCC/C=C\CCCCC. The Labute approximate surface area is 385 Å². The molecule has 0 aromatic rings. The van der Waals surface area contributed by atoms with Gasteiger partial charge in [0.15, 0.2) is 6.10 Å². The highest BCUT2D eigenvalue weighted by Crippen LogP contribution is 2.17. The molecule has 0 heterocycles. The van der Waals surface area contributed by atoms with Crippen LogP contribution in [0.3, 0.4) is 0 Å². The summed E-state index contributed by atoms with van der Waals surface area (Å²) in [6, 6.07) is 0. The maximum Gasteiger partial charge on any atom is 0.306 e. The normalized spacial score (nSPS) is 12.1. The van der Waals surface area contributed by atoms with Crippen molar-refractivity contribution in [3.05, 3.63) is 24.3 Å². The van der Waals surface area contributed by atoms with Crippen LogP contribution in [0.25, 0.3) is 0 Å². The summed E-state index contributed by atoms with van der Waals surface area (Å²) in [4.78, 5) is 37.9. The van der Waals surface area contributed by atoms with Crippen LogP contribution in [0.5, 0.6) is 0 Å². The van der Waals surface area contributed by atoms with Gasteiger partial charge >= 0.3 is 17.9 Å². The summed E-state index contributed by atoms with van der Waals surface area (Å²) in [5, 5.41) is 0. The first-order chi connectivity index (χ1) is 30.5. The van der Waals surface area contributed by atoms with E-state index < -0.39 is 6.10 Å². The second-order valence-corrected chi connectivity index (χ2v) is 18.5. The Balaban J connectivity index is 4.19. The van der Waals surface area contributed by atoms with E-state index in [0.717, 1.165) is 77.0 Å². The van der Waals surface area contributed by atoms with Gasteiger partial charge in [-0.05, 0) is 64.2 Å². The van der Waals surface area contributed by atoms with Gasteiger partial charge in [-0.2, -0.15) is 0 Å². The highest BCUT2D eigenvalue weighted by Gasteiger charge is 2.19. The van der Waals surface area contributed by atoms with E-state index in [0.29, 0.717) is 19.3 Å². The van der Waals surface area contributed by atoms with E-state index >= 15 is 0 Å². The van der Waals surface area contributed by atoms with E-state index in [1.807, 2.05) is 0 Å². The summed E-state index contributed by atoms with van der Waals surface area (Å²) >= 11 is 0. The minimum Gasteiger partial charge on any atom is -0.462 e. The van der Waals surface area contributed by atoms with Crippen LogP contribution in [0.2, 0.25) is 0 Å². The number of allylic oxidation sites excluding steroid dienone is 4. The Morgan fingerprint density at radius 2 is 0.565 bits per heavy atom. The molecule has 0 aromatic heterocycles. The fraction of sp³-hybridized carbons (Fsp3) is 0.875. The molecule has 0 aliphatic rings. The molecule has 0 fully saturated rings. The zero-order chi connectivity index (χ0) is 45.1. The van der Waals surface area contributed by atoms with Crippen LogP contribution < -0.4 is 0 Å². The topological polar surface area (TPSA) is 78.9 Å². The predicted octanol–water partition coefficient (Wildman–Crippen LogP) is 17.9. The van der Waals surface area contributed by atoms with Crippen molar-refractivity contribution in [3.63, 3.8) is 0 Å². The molecule has 6 nitrogen and oxygen atoms in total. The number of rotatable bonds is 50. The van der Waals surface area contributed by atoms with Crippen LogP contribution in [0, 0.1) is 0 Å². The maximum absolute atomic E-state index is 12.8. The second-order valence-electron chi connectivity index (χ2n) is 18.5. The first-order valence-electron chi connectivity index (χ1n) is 27.3. The van der Waals surface area contributed by atoms with Gasteiger partial charge in [-0.3, -0.25) is 14.4 Å². The molecule has 0 aliphatic heterocycles. The maximum atomic E-state index is 12.8. The van der Waals surface area contributed by atoms with Crippen LogP contribution in [0.4, 0.5) is 0 Å². The fourth-order valence-electron chi connectivity index (χ4n) is 8.03. The van der Waals surface area contributed by atoms with E-state index in [1.165, 1.54) is 180 Å². The number of esters is 3. The third kappa shape index (κ3) is 48.9. The van der Waals surface area contributed by atoms with E-state index in [2.05, 4.69) is 45.1 Å². The average Bonchev–Trinajstić information content (AvgIpc) is 3.27. The van der Waals surface area contributed by atoms with Gasteiger partial charge in [0, 0.05) is 19.3 Å². The molecule has 0 radical (unpaired) electrons. The minimum absolute atomic E-state index is 0.0736. The number of hydrogen-bond donors (Lipinski definition) is 0. The lowest BCUT2D eigenvalue weighted by Crippen LogP contribution is -2.30.